The smallest absolute Gasteiger partial charge is 0.340 e. The first-order valence-electron chi connectivity index (χ1n) is 5.63. The van der Waals surface area contributed by atoms with Gasteiger partial charge in [0.15, 0.2) is 0 Å². The first-order chi connectivity index (χ1) is 9.11. The summed E-state index contributed by atoms with van der Waals surface area (Å²) < 4.78 is 10.1. The number of anilines is 1. The number of hydrogen-bond acceptors (Lipinski definition) is 7. The van der Waals surface area contributed by atoms with E-state index in [1.165, 1.54) is 18.5 Å². The summed E-state index contributed by atoms with van der Waals surface area (Å²) >= 11 is 1.16. The first kappa shape index (κ1) is 13.4. The van der Waals surface area contributed by atoms with E-state index in [-0.39, 0.29) is 5.69 Å². The maximum Gasteiger partial charge on any atom is 0.340 e. The number of pyridine rings is 1. The predicted molar refractivity (Wildman–Crippen MR) is 70.0 cm³/mol. The number of aryl methyl sites for hydroxylation is 1. The molecule has 2 aromatic rings. The Morgan fingerprint density at radius 2 is 2.37 bits per heavy atom. The van der Waals surface area contributed by atoms with Gasteiger partial charge < -0.3 is 14.9 Å². The van der Waals surface area contributed by atoms with Crippen LogP contribution in [0.2, 0.25) is 0 Å². The largest absolute Gasteiger partial charge is 0.462 e. The number of nitrogens with zero attached hydrogens (tertiary/aromatic N) is 2. The van der Waals surface area contributed by atoms with E-state index < -0.39 is 5.97 Å². The summed E-state index contributed by atoms with van der Waals surface area (Å²) in [6, 6.07) is 1.53. The number of carbonyl (C=O) groups is 1. The van der Waals surface area contributed by atoms with E-state index in [1.807, 2.05) is 6.92 Å². The van der Waals surface area contributed by atoms with E-state index in [0.717, 1.165) is 17.5 Å². The second kappa shape index (κ2) is 5.75. The lowest BCUT2D eigenvalue weighted by atomic mass is 10.2. The highest BCUT2D eigenvalue weighted by molar-refractivity contribution is 7.99. The predicted octanol–water partition coefficient (Wildman–Crippen LogP) is 2.29. The van der Waals surface area contributed by atoms with Gasteiger partial charge in [-0.15, -0.1) is 0 Å². The summed E-state index contributed by atoms with van der Waals surface area (Å²) in [6.07, 6.45) is 3.04. The van der Waals surface area contributed by atoms with Gasteiger partial charge in [0.25, 0.3) is 5.22 Å². The first-order valence-corrected chi connectivity index (χ1v) is 6.45. The third-order valence-corrected chi connectivity index (χ3v) is 3.11. The molecule has 2 rings (SSSR count). The summed E-state index contributed by atoms with van der Waals surface area (Å²) in [7, 11) is 0. The number of nitrogen functional groups attached to an aromatic ring is 1. The molecule has 0 unspecified atom stereocenters. The highest BCUT2D eigenvalue weighted by Crippen LogP contribution is 2.31. The molecular weight excluding hydrogens is 266 g/mol. The maximum absolute atomic E-state index is 11.7. The van der Waals surface area contributed by atoms with Gasteiger partial charge in [-0.05, 0) is 31.7 Å². The summed E-state index contributed by atoms with van der Waals surface area (Å²) in [5.74, 6) is -0.465. The molecule has 0 aromatic carbocycles. The lowest BCUT2D eigenvalue weighted by molar-refractivity contribution is 0.0527. The van der Waals surface area contributed by atoms with Crippen molar-refractivity contribution in [3.05, 3.63) is 29.8 Å². The Labute approximate surface area is 114 Å². The number of aromatic nitrogens is 2. The van der Waals surface area contributed by atoms with Crippen LogP contribution in [0.1, 0.15) is 23.0 Å². The Morgan fingerprint density at radius 3 is 3.00 bits per heavy atom. The number of carbonyl (C=O) groups excluding carboxylic acids is 1. The van der Waals surface area contributed by atoms with Crippen molar-refractivity contribution in [1.29, 1.82) is 0 Å². The molecule has 2 aromatic heterocycles. The van der Waals surface area contributed by atoms with Crippen LogP contribution >= 0.6 is 11.8 Å². The fourth-order valence-corrected chi connectivity index (χ4v) is 2.17. The Balaban J connectivity index is 2.27. The monoisotopic (exact) mass is 279 g/mol. The van der Waals surface area contributed by atoms with Gasteiger partial charge in [-0.1, -0.05) is 0 Å². The second-order valence-corrected chi connectivity index (χ2v) is 4.59. The third kappa shape index (κ3) is 3.05. The van der Waals surface area contributed by atoms with Gasteiger partial charge in [-0.2, -0.15) is 0 Å². The SMILES string of the molecule is CCOC(=O)c1ccnc(Sc2nc(C)co2)c1N. The fraction of sp³-hybridized carbons (Fsp3) is 0.250. The lowest BCUT2D eigenvalue weighted by Crippen LogP contribution is -2.09. The molecule has 19 heavy (non-hydrogen) atoms. The van der Waals surface area contributed by atoms with Gasteiger partial charge >= 0.3 is 5.97 Å². The van der Waals surface area contributed by atoms with Crippen LogP contribution in [0.5, 0.6) is 0 Å². The minimum absolute atomic E-state index is 0.266. The van der Waals surface area contributed by atoms with Crippen LogP contribution in [-0.4, -0.2) is 22.5 Å². The number of rotatable bonds is 4. The van der Waals surface area contributed by atoms with Crippen molar-refractivity contribution in [3.8, 4) is 0 Å². The van der Waals surface area contributed by atoms with Crippen LogP contribution in [-0.2, 0) is 4.74 Å². The van der Waals surface area contributed by atoms with Gasteiger partial charge in [-0.25, -0.2) is 14.8 Å². The highest BCUT2D eigenvalue weighted by atomic mass is 32.2. The summed E-state index contributed by atoms with van der Waals surface area (Å²) in [5.41, 5.74) is 7.24. The Morgan fingerprint density at radius 1 is 1.58 bits per heavy atom. The minimum atomic E-state index is -0.465. The van der Waals surface area contributed by atoms with Crippen LogP contribution in [0.3, 0.4) is 0 Å². The Bertz CT molecular complexity index is 598. The number of hydrogen-bond donors (Lipinski definition) is 1. The van der Waals surface area contributed by atoms with Crippen molar-refractivity contribution in [2.45, 2.75) is 24.1 Å². The van der Waals surface area contributed by atoms with Crippen LogP contribution in [0, 0.1) is 6.92 Å². The van der Waals surface area contributed by atoms with Crippen molar-refractivity contribution >= 4 is 23.4 Å². The molecule has 0 aliphatic carbocycles. The standard InChI is InChI=1S/C12H13N3O3S/c1-3-17-11(16)8-4-5-14-10(9(8)13)19-12-15-7(2)6-18-12/h4-6H,3,13H2,1-2H3. The zero-order chi connectivity index (χ0) is 13.8. The number of ether oxygens (including phenoxy) is 1. The second-order valence-electron chi connectivity index (χ2n) is 3.65. The Hall–Kier alpha value is -2.02. The van der Waals surface area contributed by atoms with Gasteiger partial charge in [0.2, 0.25) is 0 Å². The van der Waals surface area contributed by atoms with Gasteiger partial charge in [0.05, 0.1) is 23.6 Å². The molecule has 0 aliphatic rings. The minimum Gasteiger partial charge on any atom is -0.462 e. The van der Waals surface area contributed by atoms with Crippen molar-refractivity contribution in [3.63, 3.8) is 0 Å². The van der Waals surface area contributed by atoms with E-state index in [9.17, 15) is 4.79 Å². The van der Waals surface area contributed by atoms with Gasteiger partial charge in [0.1, 0.15) is 11.3 Å². The molecule has 0 amide bonds. The van der Waals surface area contributed by atoms with Crippen LogP contribution < -0.4 is 5.73 Å². The van der Waals surface area contributed by atoms with Crippen molar-refractivity contribution in [2.24, 2.45) is 0 Å². The Kier molecular flexibility index (Phi) is 4.06. The van der Waals surface area contributed by atoms with Crippen molar-refractivity contribution in [2.75, 3.05) is 12.3 Å². The third-order valence-electron chi connectivity index (χ3n) is 2.23. The molecule has 100 valence electrons. The maximum atomic E-state index is 11.7. The highest BCUT2D eigenvalue weighted by Gasteiger charge is 2.16. The average molecular weight is 279 g/mol. The zero-order valence-corrected chi connectivity index (χ0v) is 11.4. The lowest BCUT2D eigenvalue weighted by Gasteiger charge is -2.07. The van der Waals surface area contributed by atoms with Crippen molar-refractivity contribution < 1.29 is 13.9 Å². The topological polar surface area (TPSA) is 91.2 Å². The molecule has 0 saturated heterocycles. The van der Waals surface area contributed by atoms with E-state index >= 15 is 0 Å². The van der Waals surface area contributed by atoms with Crippen LogP contribution in [0.25, 0.3) is 0 Å². The van der Waals surface area contributed by atoms with Crippen LogP contribution in [0.4, 0.5) is 5.69 Å². The molecule has 7 heteroatoms. The summed E-state index contributed by atoms with van der Waals surface area (Å²) in [4.78, 5) is 20.0. The molecular formula is C12H13N3O3S. The molecule has 0 fully saturated rings. The van der Waals surface area contributed by atoms with Gasteiger partial charge in [-0.3, -0.25) is 0 Å². The van der Waals surface area contributed by atoms with Crippen molar-refractivity contribution in [1.82, 2.24) is 9.97 Å². The summed E-state index contributed by atoms with van der Waals surface area (Å²) in [5, 5.41) is 0.894. The number of oxazole rings is 1. The number of esters is 1. The van der Waals surface area contributed by atoms with E-state index in [0.29, 0.717) is 22.4 Å². The molecule has 0 atom stereocenters. The average Bonchev–Trinajstić information content (AvgIpc) is 2.78. The number of nitrogens with two attached hydrogens (primary N) is 1. The molecule has 2 N–H and O–H groups in total. The fourth-order valence-electron chi connectivity index (χ4n) is 1.38. The van der Waals surface area contributed by atoms with E-state index in [1.54, 1.807) is 6.92 Å². The summed E-state index contributed by atoms with van der Waals surface area (Å²) in [6.45, 7) is 3.85. The normalized spacial score (nSPS) is 10.4. The molecule has 2 heterocycles. The molecule has 0 aliphatic heterocycles. The van der Waals surface area contributed by atoms with E-state index in [2.05, 4.69) is 9.97 Å². The molecule has 0 radical (unpaired) electrons. The quantitative estimate of drug-likeness (QED) is 0.858. The van der Waals surface area contributed by atoms with E-state index in [4.69, 9.17) is 14.9 Å². The molecule has 0 spiro atoms. The molecule has 0 saturated carbocycles. The van der Waals surface area contributed by atoms with Gasteiger partial charge in [0, 0.05) is 6.20 Å². The molecule has 6 nitrogen and oxygen atoms in total. The van der Waals surface area contributed by atoms with Crippen LogP contribution in [0.15, 0.2) is 33.2 Å². The molecule has 0 bridgehead atoms. The zero-order valence-electron chi connectivity index (χ0n) is 10.5.